The smallest absolute Gasteiger partial charge is 0.172 e. The molecule has 3 rings (SSSR count). The van der Waals surface area contributed by atoms with Crippen LogP contribution in [0.3, 0.4) is 0 Å². The number of hydrogen-bond acceptors (Lipinski definition) is 0. The molecule has 0 unspecified atom stereocenters. The molecule has 0 fully saturated rings. The van der Waals surface area contributed by atoms with Gasteiger partial charge in [0, 0.05) is 0 Å². The van der Waals surface area contributed by atoms with Gasteiger partial charge in [0.25, 0.3) is 0 Å². The predicted octanol–water partition coefficient (Wildman–Crippen LogP) is -2.12. The summed E-state index contributed by atoms with van der Waals surface area (Å²) in [7, 11) is 0. The molecule has 0 spiro atoms. The van der Waals surface area contributed by atoms with E-state index in [1.165, 1.54) is 0 Å². The summed E-state index contributed by atoms with van der Waals surface area (Å²) in [5.74, 6) is 0. The second kappa shape index (κ2) is 16.0. The molecule has 0 heterocycles. The van der Waals surface area contributed by atoms with E-state index in [2.05, 4.69) is 36.9 Å². The Labute approximate surface area is 155 Å². The molecule has 0 saturated heterocycles. The summed E-state index contributed by atoms with van der Waals surface area (Å²) in [4.78, 5) is 0. The van der Waals surface area contributed by atoms with Gasteiger partial charge >= 0.3 is 70.8 Å². The molecule has 0 nitrogen and oxygen atoms in total. The Morgan fingerprint density at radius 1 is 0.714 bits per heavy atom. The maximum absolute atomic E-state index is 2.35. The van der Waals surface area contributed by atoms with E-state index in [0.29, 0.717) is 0 Å². The van der Waals surface area contributed by atoms with Crippen molar-refractivity contribution in [3.05, 3.63) is 91.0 Å². The van der Waals surface area contributed by atoms with Crippen LogP contribution in [0.25, 0.3) is 0 Å². The van der Waals surface area contributed by atoms with Crippen molar-refractivity contribution in [2.24, 2.45) is 0 Å². The predicted molar refractivity (Wildman–Crippen MR) is 81.8 cm³/mol. The standard InChI is InChI=1S/C7H8Si.2C5H5.2ClH.Zr/c1-8-7-5-3-2-4-6-7;2*1-2-4-5-3-1;;;/h2-6H,1H3;2*1-5H;2*1H;/q;2*-1;;;+2/p-2. The average Bonchev–Trinajstić information content (AvgIpc) is 3.18. The van der Waals surface area contributed by atoms with E-state index < -0.39 is 0 Å². The van der Waals surface area contributed by atoms with E-state index in [0.717, 1.165) is 0 Å². The second-order valence-electron chi connectivity index (χ2n) is 3.92. The maximum atomic E-state index is 2.35. The first kappa shape index (κ1) is 22.9. The summed E-state index contributed by atoms with van der Waals surface area (Å²) in [5.41, 5.74) is -0.122. The van der Waals surface area contributed by atoms with Gasteiger partial charge in [-0.3, -0.25) is 0 Å². The Morgan fingerprint density at radius 2 is 1.10 bits per heavy atom. The van der Waals surface area contributed by atoms with Gasteiger partial charge in [-0.15, -0.1) is 0 Å². The summed E-state index contributed by atoms with van der Waals surface area (Å²) in [6.07, 6.45) is 0. The number of rotatable bonds is 1. The second-order valence-corrected chi connectivity index (χ2v) is 11.3. The minimum absolute atomic E-state index is 0. The molecule has 110 valence electrons. The van der Waals surface area contributed by atoms with Crippen molar-refractivity contribution >= 4 is 10.6 Å². The van der Waals surface area contributed by atoms with Gasteiger partial charge < -0.3 is 24.8 Å². The minimum Gasteiger partial charge on any atom is -1.00 e. The molecule has 0 aliphatic rings. The first-order valence-corrected chi connectivity index (χ1v) is 11.9. The third kappa shape index (κ3) is 13.0. The van der Waals surface area contributed by atoms with Crippen LogP contribution in [0.15, 0.2) is 91.0 Å². The average molecular weight is 413 g/mol. The van der Waals surface area contributed by atoms with Gasteiger partial charge in [0.05, 0.1) is 0 Å². The van der Waals surface area contributed by atoms with Crippen molar-refractivity contribution < 1.29 is 48.1 Å². The van der Waals surface area contributed by atoms with E-state index in [9.17, 15) is 0 Å². The third-order valence-corrected chi connectivity index (χ3v) is 5.65. The molecule has 0 aliphatic carbocycles. The molecule has 4 heteroatoms. The van der Waals surface area contributed by atoms with Crippen molar-refractivity contribution in [2.45, 2.75) is 6.55 Å². The molecular weight excluding hydrogens is 394 g/mol. The fourth-order valence-corrected chi connectivity index (χ4v) is 3.25. The van der Waals surface area contributed by atoms with Gasteiger partial charge in [-0.1, -0.05) is 0 Å². The van der Waals surface area contributed by atoms with Crippen LogP contribution >= 0.6 is 0 Å². The van der Waals surface area contributed by atoms with E-state index in [1.54, 1.807) is 28.5 Å². The molecule has 21 heavy (non-hydrogen) atoms. The Hall–Kier alpha value is -0.400. The van der Waals surface area contributed by atoms with Crippen LogP contribution in [0, 0.1) is 0 Å². The van der Waals surface area contributed by atoms with Gasteiger partial charge in [0.2, 0.25) is 0 Å². The zero-order valence-corrected chi connectivity index (χ0v) is 16.9. The fourth-order valence-electron chi connectivity index (χ4n) is 1.33. The molecule has 0 saturated carbocycles. The van der Waals surface area contributed by atoms with Gasteiger partial charge in [-0.05, 0) is 0 Å². The van der Waals surface area contributed by atoms with Crippen molar-refractivity contribution in [3.8, 4) is 0 Å². The van der Waals surface area contributed by atoms with Crippen LogP contribution in [0.1, 0.15) is 0 Å². The number of halogens is 2. The molecule has 0 N–H and O–H groups in total. The van der Waals surface area contributed by atoms with Crippen LogP contribution in [0.4, 0.5) is 0 Å². The summed E-state index contributed by atoms with van der Waals surface area (Å²) in [5, 5.41) is 1.56. The van der Waals surface area contributed by atoms with E-state index in [4.69, 9.17) is 0 Å². The Balaban J connectivity index is 0. The van der Waals surface area contributed by atoms with Gasteiger partial charge in [0.15, 0.2) is 0 Å². The van der Waals surface area contributed by atoms with Crippen molar-refractivity contribution in [1.82, 2.24) is 0 Å². The SMILES string of the molecule is C[Si](=[Zr+2])c1ccccc1.[Cl-].[Cl-].c1cc[cH-]c1.c1cc[cH-]c1. The molecular formula is C17H18Cl2SiZr-2. The first-order valence-electron chi connectivity index (χ1n) is 6.24. The summed E-state index contributed by atoms with van der Waals surface area (Å²) in [6, 6.07) is 30.8. The monoisotopic (exact) mass is 410 g/mol. The van der Waals surface area contributed by atoms with Crippen molar-refractivity contribution in [1.29, 1.82) is 0 Å². The molecule has 0 bridgehead atoms. The summed E-state index contributed by atoms with van der Waals surface area (Å²) >= 11 is 1.69. The summed E-state index contributed by atoms with van der Waals surface area (Å²) in [6.45, 7) is 2.35. The van der Waals surface area contributed by atoms with Gasteiger partial charge in [0.1, 0.15) is 0 Å². The number of hydrogen-bond donors (Lipinski definition) is 0. The Bertz CT molecular complexity index is 459. The fraction of sp³-hybridized carbons (Fsp3) is 0.0588. The van der Waals surface area contributed by atoms with Crippen LogP contribution < -0.4 is 30.0 Å². The molecule has 0 amide bonds. The van der Waals surface area contributed by atoms with E-state index in [-0.39, 0.29) is 30.2 Å². The molecule has 0 aliphatic heterocycles. The van der Waals surface area contributed by atoms with Gasteiger partial charge in [-0.2, -0.15) is 36.4 Å². The Kier molecular flexibility index (Phi) is 17.4. The van der Waals surface area contributed by atoms with Crippen LogP contribution in [0.2, 0.25) is 6.55 Å². The molecule has 0 aromatic heterocycles. The Morgan fingerprint density at radius 3 is 1.29 bits per heavy atom. The number of benzene rings is 1. The van der Waals surface area contributed by atoms with E-state index >= 15 is 0 Å². The van der Waals surface area contributed by atoms with Crippen LogP contribution in [-0.2, 0) is 23.3 Å². The molecule has 3 aromatic carbocycles. The van der Waals surface area contributed by atoms with Crippen molar-refractivity contribution in [3.63, 3.8) is 0 Å². The van der Waals surface area contributed by atoms with E-state index in [1.807, 2.05) is 60.7 Å². The molecule has 0 radical (unpaired) electrons. The summed E-state index contributed by atoms with van der Waals surface area (Å²) < 4.78 is 0. The zero-order chi connectivity index (χ0) is 13.8. The van der Waals surface area contributed by atoms with Crippen LogP contribution in [-0.4, -0.2) is 5.43 Å². The largest absolute Gasteiger partial charge is 1.00 e. The van der Waals surface area contributed by atoms with Gasteiger partial charge in [-0.25, -0.2) is 24.3 Å². The maximum Gasteiger partial charge on any atom is -0.172 e. The third-order valence-electron chi connectivity index (χ3n) is 2.32. The first-order chi connectivity index (χ1) is 9.30. The molecule has 0 atom stereocenters. The zero-order valence-electron chi connectivity index (χ0n) is 11.9. The minimum atomic E-state index is -0.122. The van der Waals surface area contributed by atoms with Crippen LogP contribution in [0.5, 0.6) is 0 Å². The normalized spacial score (nSPS) is 7.76. The quantitative estimate of drug-likeness (QED) is 0.317. The van der Waals surface area contributed by atoms with Crippen molar-refractivity contribution in [2.75, 3.05) is 0 Å². The molecule has 3 aromatic rings. The topological polar surface area (TPSA) is 0 Å².